The molecule has 0 unspecified atom stereocenters. The second-order valence-corrected chi connectivity index (χ2v) is 14.1. The third-order valence-electron chi connectivity index (χ3n) is 9.19. The molecule has 0 spiro atoms. The van der Waals surface area contributed by atoms with Gasteiger partial charge in [-0.2, -0.15) is 8.78 Å². The molecule has 0 radical (unpaired) electrons. The van der Waals surface area contributed by atoms with E-state index in [-0.39, 0.29) is 5.41 Å². The lowest BCUT2D eigenvalue weighted by Gasteiger charge is -2.37. The first kappa shape index (κ1) is 34.1. The topological polar surface area (TPSA) is 112 Å². The van der Waals surface area contributed by atoms with Crippen LogP contribution < -0.4 is 9.80 Å². The van der Waals surface area contributed by atoms with E-state index >= 15 is 8.78 Å². The van der Waals surface area contributed by atoms with Gasteiger partial charge < -0.3 is 19.9 Å². The molecule has 2 N–H and O–H groups in total. The minimum atomic E-state index is -4.14. The molecule has 0 bridgehead atoms. The van der Waals surface area contributed by atoms with E-state index in [1.54, 1.807) is 0 Å². The van der Waals surface area contributed by atoms with Gasteiger partial charge in [-0.1, -0.05) is 39.0 Å². The van der Waals surface area contributed by atoms with Crippen molar-refractivity contribution in [3.05, 3.63) is 114 Å². The van der Waals surface area contributed by atoms with Gasteiger partial charge in [0.15, 0.2) is 5.60 Å². The predicted molar refractivity (Wildman–Crippen MR) is 185 cm³/mol. The molecule has 7 rings (SSSR count). The molecule has 14 heteroatoms. The number of anilines is 2. The molecular weight excluding hydrogens is 662 g/mol. The summed E-state index contributed by atoms with van der Waals surface area (Å²) in [6.07, 6.45) is 3.16. The molecule has 1 aliphatic heterocycles. The number of tetrazole rings is 1. The summed E-state index contributed by atoms with van der Waals surface area (Å²) in [4.78, 5) is 16.9. The predicted octanol–water partition coefficient (Wildman–Crippen LogP) is 6.48. The fraction of sp³-hybridized carbons (Fsp3) is 0.324. The number of halogens is 4. The van der Waals surface area contributed by atoms with E-state index in [1.807, 2.05) is 24.3 Å². The maximum absolute atomic E-state index is 16.1. The number of hydrogen-bond donors (Lipinski definition) is 2. The maximum Gasteiger partial charge on any atom is 0.323 e. The Morgan fingerprint density at radius 1 is 0.824 bits per heavy atom. The molecule has 264 valence electrons. The summed E-state index contributed by atoms with van der Waals surface area (Å²) < 4.78 is 61.6. The van der Waals surface area contributed by atoms with Crippen molar-refractivity contribution in [3.63, 3.8) is 0 Å². The number of H-pyrrole nitrogens is 1. The normalized spacial score (nSPS) is 15.4. The van der Waals surface area contributed by atoms with Gasteiger partial charge >= 0.3 is 5.92 Å². The van der Waals surface area contributed by atoms with Crippen LogP contribution in [0.1, 0.15) is 37.9 Å². The number of benzene rings is 3. The fourth-order valence-corrected chi connectivity index (χ4v) is 6.55. The van der Waals surface area contributed by atoms with E-state index in [9.17, 15) is 13.9 Å². The Morgan fingerprint density at radius 3 is 2.14 bits per heavy atom. The summed E-state index contributed by atoms with van der Waals surface area (Å²) in [5, 5.41) is 21.8. The number of aliphatic hydroxyl groups is 1. The quantitative estimate of drug-likeness (QED) is 0.165. The molecule has 0 amide bonds. The van der Waals surface area contributed by atoms with Crippen LogP contribution in [0.2, 0.25) is 0 Å². The lowest BCUT2D eigenvalue weighted by molar-refractivity contribution is -0.207. The number of nitrogens with zero attached hydrogens (tertiary/aromatic N) is 8. The van der Waals surface area contributed by atoms with E-state index in [2.05, 4.69) is 74.3 Å². The van der Waals surface area contributed by atoms with E-state index in [0.717, 1.165) is 95.6 Å². The number of pyridine rings is 1. The van der Waals surface area contributed by atoms with Crippen LogP contribution >= 0.6 is 0 Å². The molecule has 51 heavy (non-hydrogen) atoms. The van der Waals surface area contributed by atoms with Crippen molar-refractivity contribution in [3.8, 4) is 11.1 Å². The number of alkyl halides is 2. The molecule has 0 saturated carbocycles. The first-order valence-corrected chi connectivity index (χ1v) is 16.6. The molecule has 6 aromatic rings. The minimum absolute atomic E-state index is 0.146. The van der Waals surface area contributed by atoms with Gasteiger partial charge in [0, 0.05) is 67.4 Å². The second-order valence-electron chi connectivity index (χ2n) is 14.1. The summed E-state index contributed by atoms with van der Waals surface area (Å²) in [5.74, 6) is -5.46. The first-order valence-electron chi connectivity index (χ1n) is 16.6. The third kappa shape index (κ3) is 6.87. The summed E-state index contributed by atoms with van der Waals surface area (Å²) >= 11 is 0. The molecule has 0 aliphatic carbocycles. The Kier molecular flexibility index (Phi) is 8.74. The third-order valence-corrected chi connectivity index (χ3v) is 9.19. The number of rotatable bonds is 9. The largest absolute Gasteiger partial charge is 0.377 e. The van der Waals surface area contributed by atoms with Crippen LogP contribution in [0.25, 0.3) is 22.2 Å². The zero-order chi connectivity index (χ0) is 36.0. The monoisotopic (exact) mass is 699 g/mol. The lowest BCUT2D eigenvalue weighted by atomic mass is 9.84. The van der Waals surface area contributed by atoms with E-state index in [1.165, 1.54) is 12.3 Å². The van der Waals surface area contributed by atoms with E-state index in [4.69, 9.17) is 4.98 Å². The highest BCUT2D eigenvalue weighted by molar-refractivity contribution is 5.80. The van der Waals surface area contributed by atoms with Gasteiger partial charge in [-0.05, 0) is 69.9 Å². The fourth-order valence-electron chi connectivity index (χ4n) is 6.55. The van der Waals surface area contributed by atoms with Crippen LogP contribution in [0.3, 0.4) is 0 Å². The van der Waals surface area contributed by atoms with Crippen LogP contribution in [-0.2, 0) is 24.5 Å². The average molecular weight is 700 g/mol. The van der Waals surface area contributed by atoms with Gasteiger partial charge in [0.1, 0.15) is 29.5 Å². The van der Waals surface area contributed by atoms with Crippen LogP contribution in [0.5, 0.6) is 0 Å². The highest BCUT2D eigenvalue weighted by atomic mass is 19.3. The van der Waals surface area contributed by atoms with E-state index in [0.29, 0.717) is 11.6 Å². The molecule has 4 heterocycles. The Labute approximate surface area is 291 Å². The maximum atomic E-state index is 16.1. The van der Waals surface area contributed by atoms with Gasteiger partial charge in [0.05, 0.1) is 17.6 Å². The number of fused-ring (bicyclic) bond motifs is 1. The SMILES string of the molecule is CC(C)(C)Cc1nc2ccc(N3CCN(c4ccc(-c5ccc(C(F)(F)[C@](O)(Cn6cnnn6)c6ccc(F)cc6F)nc5)cc4)CC3)cc2[nH]1. The second kappa shape index (κ2) is 13.1. The van der Waals surface area contributed by atoms with Gasteiger partial charge in [-0.15, -0.1) is 5.10 Å². The average Bonchev–Trinajstić information content (AvgIpc) is 3.76. The van der Waals surface area contributed by atoms with Crippen LogP contribution in [0.15, 0.2) is 85.3 Å². The van der Waals surface area contributed by atoms with Crippen molar-refractivity contribution >= 4 is 22.4 Å². The summed E-state index contributed by atoms with van der Waals surface area (Å²) in [5.41, 5.74) is 0.842. The van der Waals surface area contributed by atoms with Crippen molar-refractivity contribution in [1.82, 2.24) is 35.2 Å². The van der Waals surface area contributed by atoms with Crippen molar-refractivity contribution in [2.24, 2.45) is 5.41 Å². The van der Waals surface area contributed by atoms with Crippen molar-refractivity contribution in [2.75, 3.05) is 36.0 Å². The van der Waals surface area contributed by atoms with Gasteiger partial charge in [0.2, 0.25) is 0 Å². The molecule has 3 aromatic carbocycles. The number of hydrogen-bond acceptors (Lipinski definition) is 8. The molecule has 1 saturated heterocycles. The van der Waals surface area contributed by atoms with E-state index < -0.39 is 41.0 Å². The summed E-state index contributed by atoms with van der Waals surface area (Å²) in [6, 6.07) is 18.7. The Morgan fingerprint density at radius 2 is 1.51 bits per heavy atom. The Bertz CT molecular complexity index is 2120. The number of aromatic amines is 1. The van der Waals surface area contributed by atoms with Crippen LogP contribution in [0, 0.1) is 17.0 Å². The molecular formula is C37H37F4N9O. The number of piperazine rings is 1. The van der Waals surface area contributed by atoms with Crippen LogP contribution in [0.4, 0.5) is 28.9 Å². The Hall–Kier alpha value is -5.37. The zero-order valence-corrected chi connectivity index (χ0v) is 28.4. The highest BCUT2D eigenvalue weighted by Gasteiger charge is 2.58. The summed E-state index contributed by atoms with van der Waals surface area (Å²) in [6.45, 7) is 9.01. The molecule has 10 nitrogen and oxygen atoms in total. The van der Waals surface area contributed by atoms with Gasteiger partial charge in [0.25, 0.3) is 0 Å². The number of imidazole rings is 1. The Balaban J connectivity index is 1.03. The van der Waals surface area contributed by atoms with Gasteiger partial charge in [-0.3, -0.25) is 4.98 Å². The minimum Gasteiger partial charge on any atom is -0.377 e. The lowest BCUT2D eigenvalue weighted by Crippen LogP contribution is -2.48. The van der Waals surface area contributed by atoms with Crippen molar-refractivity contribution in [2.45, 2.75) is 45.3 Å². The van der Waals surface area contributed by atoms with Crippen LogP contribution in [-0.4, -0.2) is 66.4 Å². The zero-order valence-electron chi connectivity index (χ0n) is 28.4. The first-order chi connectivity index (χ1) is 24.3. The van der Waals surface area contributed by atoms with Gasteiger partial charge in [-0.25, -0.2) is 18.4 Å². The number of aromatic nitrogens is 7. The molecule has 1 atom stereocenters. The molecule has 3 aromatic heterocycles. The van der Waals surface area contributed by atoms with Crippen molar-refractivity contribution < 1.29 is 22.7 Å². The molecule has 1 aliphatic rings. The van der Waals surface area contributed by atoms with Crippen molar-refractivity contribution in [1.29, 1.82) is 0 Å². The number of nitrogens with one attached hydrogen (secondary N) is 1. The molecule has 1 fully saturated rings. The highest BCUT2D eigenvalue weighted by Crippen LogP contribution is 2.47. The smallest absolute Gasteiger partial charge is 0.323 e. The summed E-state index contributed by atoms with van der Waals surface area (Å²) in [7, 11) is 0. The standard InChI is InChI=1S/C37H37F4N9O/c1-35(2,3)20-34-44-31-12-10-28(19-32(31)45-34)49-16-14-48(15-17-49)27-8-4-24(5-9-27)25-6-13-33(42-21-25)37(40,41)36(51,22-50-23-43-46-47-50)29-11-7-26(38)18-30(29)39/h4-13,18-19,21,23,51H,14-17,20,22H2,1-3H3,(H,44,45)/t36-/m0/s1.